The van der Waals surface area contributed by atoms with E-state index in [0.29, 0.717) is 5.69 Å². The fourth-order valence-corrected chi connectivity index (χ4v) is 1.18. The molecule has 0 aliphatic carbocycles. The van der Waals surface area contributed by atoms with Gasteiger partial charge in [-0.05, 0) is 24.3 Å². The molecular formula is C7H11NO3S. The van der Waals surface area contributed by atoms with E-state index in [0.717, 1.165) is 4.90 Å². The Hall–Kier alpha value is -0.910. The maximum Gasteiger partial charge on any atom is 0.0498 e. The van der Waals surface area contributed by atoms with Crippen molar-refractivity contribution in [3.63, 3.8) is 0 Å². The molecule has 0 aromatic heterocycles. The van der Waals surface area contributed by atoms with E-state index in [9.17, 15) is 4.21 Å². The highest BCUT2D eigenvalue weighted by atomic mass is 32.2. The molecule has 0 bridgehead atoms. The standard InChI is InChI=1S/C7H9NOS.H2O2/c1-10(9)7-4-2-6(8)3-5-7;1-2/h2-5H,8H2,1H3;1-2H. The molecule has 1 unspecified atom stereocenters. The Labute approximate surface area is 73.0 Å². The third kappa shape index (κ3) is 3.47. The molecule has 0 radical (unpaired) electrons. The lowest BCUT2D eigenvalue weighted by molar-refractivity contribution is -0.176. The Bertz CT molecular complexity index is 247. The van der Waals surface area contributed by atoms with Crippen LogP contribution < -0.4 is 5.73 Å². The second kappa shape index (κ2) is 5.70. The second-order valence-corrected chi connectivity index (χ2v) is 3.40. The molecule has 4 nitrogen and oxygen atoms in total. The van der Waals surface area contributed by atoms with Crippen molar-refractivity contribution in [3.05, 3.63) is 24.3 Å². The zero-order valence-corrected chi connectivity index (χ0v) is 7.41. The van der Waals surface area contributed by atoms with Gasteiger partial charge in [-0.2, -0.15) is 0 Å². The largest absolute Gasteiger partial charge is 0.399 e. The molecular weight excluding hydrogens is 178 g/mol. The number of hydrogen-bond acceptors (Lipinski definition) is 4. The molecule has 0 aliphatic rings. The van der Waals surface area contributed by atoms with Crippen LogP contribution in [0.1, 0.15) is 0 Å². The summed E-state index contributed by atoms with van der Waals surface area (Å²) in [5.74, 6) is 0. The molecule has 0 aliphatic heterocycles. The van der Waals surface area contributed by atoms with E-state index in [1.807, 2.05) is 0 Å². The van der Waals surface area contributed by atoms with E-state index in [1.54, 1.807) is 30.5 Å². The highest BCUT2D eigenvalue weighted by Gasteiger charge is 1.93. The number of rotatable bonds is 1. The Morgan fingerprint density at radius 3 is 2.00 bits per heavy atom. The highest BCUT2D eigenvalue weighted by Crippen LogP contribution is 2.07. The molecule has 0 heterocycles. The van der Waals surface area contributed by atoms with Crippen molar-refractivity contribution in [2.75, 3.05) is 12.0 Å². The van der Waals surface area contributed by atoms with E-state index in [1.165, 1.54) is 0 Å². The van der Waals surface area contributed by atoms with Crippen molar-refractivity contribution in [3.8, 4) is 0 Å². The molecule has 1 aromatic carbocycles. The third-order valence-electron chi connectivity index (χ3n) is 1.21. The van der Waals surface area contributed by atoms with Gasteiger partial charge in [0.15, 0.2) is 0 Å². The lowest BCUT2D eigenvalue weighted by Gasteiger charge is -1.94. The molecule has 1 atom stereocenters. The molecule has 0 spiro atoms. The molecule has 68 valence electrons. The summed E-state index contributed by atoms with van der Waals surface area (Å²) in [6.45, 7) is 0. The Balaban J connectivity index is 0.000000561. The van der Waals surface area contributed by atoms with E-state index in [-0.39, 0.29) is 0 Å². The van der Waals surface area contributed by atoms with Gasteiger partial charge in [-0.1, -0.05) is 0 Å². The van der Waals surface area contributed by atoms with Crippen LogP contribution in [0.25, 0.3) is 0 Å². The molecule has 0 amide bonds. The van der Waals surface area contributed by atoms with E-state index >= 15 is 0 Å². The van der Waals surface area contributed by atoms with Crippen molar-refractivity contribution in [2.24, 2.45) is 0 Å². The molecule has 4 N–H and O–H groups in total. The van der Waals surface area contributed by atoms with Crippen LogP contribution >= 0.6 is 0 Å². The number of hydrogen-bond donors (Lipinski definition) is 3. The van der Waals surface area contributed by atoms with Gasteiger partial charge in [-0.25, -0.2) is 0 Å². The zero-order valence-electron chi connectivity index (χ0n) is 6.60. The second-order valence-electron chi connectivity index (χ2n) is 2.02. The summed E-state index contributed by atoms with van der Waals surface area (Å²) in [6.07, 6.45) is 1.64. The smallest absolute Gasteiger partial charge is 0.0498 e. The topological polar surface area (TPSA) is 83.6 Å². The number of benzene rings is 1. The summed E-state index contributed by atoms with van der Waals surface area (Å²) < 4.78 is 10.8. The van der Waals surface area contributed by atoms with Gasteiger partial charge in [0.2, 0.25) is 0 Å². The zero-order chi connectivity index (χ0) is 9.56. The number of nitrogens with two attached hydrogens (primary N) is 1. The first-order valence-corrected chi connectivity index (χ1v) is 4.65. The number of nitrogen functional groups attached to an aromatic ring is 1. The van der Waals surface area contributed by atoms with Crippen LogP contribution in [0.5, 0.6) is 0 Å². The normalized spacial score (nSPS) is 11.2. The van der Waals surface area contributed by atoms with Gasteiger partial charge < -0.3 is 5.73 Å². The van der Waals surface area contributed by atoms with Gasteiger partial charge in [0.25, 0.3) is 0 Å². The lowest BCUT2D eigenvalue weighted by Crippen LogP contribution is -1.88. The SMILES string of the molecule is CS(=O)c1ccc(N)cc1.OO. The van der Waals surface area contributed by atoms with Crippen LogP contribution in [0.15, 0.2) is 29.2 Å². The molecule has 0 saturated carbocycles. The Kier molecular flexibility index (Phi) is 5.27. The summed E-state index contributed by atoms with van der Waals surface area (Å²) in [5.41, 5.74) is 6.13. The first kappa shape index (κ1) is 11.1. The van der Waals surface area contributed by atoms with Gasteiger partial charge in [0.05, 0.1) is 0 Å². The quantitative estimate of drug-likeness (QED) is 0.350. The van der Waals surface area contributed by atoms with Gasteiger partial charge in [0, 0.05) is 27.6 Å². The van der Waals surface area contributed by atoms with Crippen molar-refractivity contribution in [2.45, 2.75) is 4.90 Å². The third-order valence-corrected chi connectivity index (χ3v) is 2.15. The van der Waals surface area contributed by atoms with Crippen LogP contribution in [0.2, 0.25) is 0 Å². The van der Waals surface area contributed by atoms with E-state index in [2.05, 4.69) is 0 Å². The Morgan fingerprint density at radius 1 is 1.25 bits per heavy atom. The first-order chi connectivity index (χ1) is 5.70. The van der Waals surface area contributed by atoms with Crippen LogP contribution in [0.3, 0.4) is 0 Å². The van der Waals surface area contributed by atoms with Gasteiger partial charge in [-0.15, -0.1) is 0 Å². The average Bonchev–Trinajstić information content (AvgIpc) is 2.09. The summed E-state index contributed by atoms with van der Waals surface area (Å²) in [6, 6.07) is 7.03. The maximum absolute atomic E-state index is 10.8. The number of anilines is 1. The summed E-state index contributed by atoms with van der Waals surface area (Å²) in [4.78, 5) is 0.814. The predicted molar refractivity (Wildman–Crippen MR) is 48.4 cm³/mol. The van der Waals surface area contributed by atoms with Gasteiger partial charge >= 0.3 is 0 Å². The van der Waals surface area contributed by atoms with Crippen molar-refractivity contribution < 1.29 is 14.7 Å². The molecule has 5 heteroatoms. The summed E-state index contributed by atoms with van der Waals surface area (Å²) in [5, 5.41) is 12.0. The monoisotopic (exact) mass is 189 g/mol. The van der Waals surface area contributed by atoms with Crippen LogP contribution in [0, 0.1) is 0 Å². The van der Waals surface area contributed by atoms with Crippen molar-refractivity contribution >= 4 is 16.5 Å². The molecule has 1 aromatic rings. The summed E-state index contributed by atoms with van der Waals surface area (Å²) >= 11 is 0. The van der Waals surface area contributed by atoms with Crippen molar-refractivity contribution in [1.29, 1.82) is 0 Å². The van der Waals surface area contributed by atoms with Crippen LogP contribution in [-0.2, 0) is 10.8 Å². The van der Waals surface area contributed by atoms with Crippen molar-refractivity contribution in [1.82, 2.24) is 0 Å². The minimum Gasteiger partial charge on any atom is -0.399 e. The lowest BCUT2D eigenvalue weighted by atomic mass is 10.3. The first-order valence-electron chi connectivity index (χ1n) is 3.09. The fraction of sp³-hybridized carbons (Fsp3) is 0.143. The highest BCUT2D eigenvalue weighted by molar-refractivity contribution is 7.84. The minimum atomic E-state index is -0.893. The van der Waals surface area contributed by atoms with Gasteiger partial charge in [0.1, 0.15) is 0 Å². The molecule has 0 fully saturated rings. The molecule has 1 rings (SSSR count). The maximum atomic E-state index is 10.8. The van der Waals surface area contributed by atoms with E-state index < -0.39 is 10.8 Å². The fourth-order valence-electron chi connectivity index (χ4n) is 0.659. The van der Waals surface area contributed by atoms with Crippen LogP contribution in [-0.4, -0.2) is 21.0 Å². The van der Waals surface area contributed by atoms with Gasteiger partial charge in [-0.3, -0.25) is 14.7 Å². The average molecular weight is 189 g/mol. The Morgan fingerprint density at radius 2 is 1.67 bits per heavy atom. The van der Waals surface area contributed by atoms with E-state index in [4.69, 9.17) is 16.2 Å². The molecule has 0 saturated heterocycles. The predicted octanol–water partition coefficient (Wildman–Crippen LogP) is 1.02. The molecule has 12 heavy (non-hydrogen) atoms. The van der Waals surface area contributed by atoms with Crippen LogP contribution in [0.4, 0.5) is 5.69 Å². The summed E-state index contributed by atoms with van der Waals surface area (Å²) in [7, 11) is -0.893. The minimum absolute atomic E-state index is 0.703.